The number of nitrogens with zero attached hydrogens (tertiary/aromatic N) is 1. The van der Waals surface area contributed by atoms with E-state index in [2.05, 4.69) is 12.2 Å². The summed E-state index contributed by atoms with van der Waals surface area (Å²) in [6, 6.07) is 7.36. The fourth-order valence-corrected chi connectivity index (χ4v) is 2.54. The van der Waals surface area contributed by atoms with Crippen LogP contribution < -0.4 is 10.1 Å². The van der Waals surface area contributed by atoms with E-state index < -0.39 is 0 Å². The van der Waals surface area contributed by atoms with Gasteiger partial charge in [0, 0.05) is 24.2 Å². The summed E-state index contributed by atoms with van der Waals surface area (Å²) < 4.78 is 5.54. The molecule has 20 heavy (non-hydrogen) atoms. The molecular weight excluding hydrogens is 276 g/mol. The SMILES string of the molecule is CCCN(C(=O)COc1ccc(Cl)cc1)C1CCNC1. The van der Waals surface area contributed by atoms with Gasteiger partial charge in [-0.05, 0) is 43.7 Å². The first-order chi connectivity index (χ1) is 9.70. The second kappa shape index (κ2) is 7.50. The highest BCUT2D eigenvalue weighted by molar-refractivity contribution is 6.30. The van der Waals surface area contributed by atoms with E-state index in [0.29, 0.717) is 16.8 Å². The Kier molecular flexibility index (Phi) is 5.68. The molecule has 0 saturated carbocycles. The minimum absolute atomic E-state index is 0.0514. The lowest BCUT2D eigenvalue weighted by Gasteiger charge is -2.28. The highest BCUT2D eigenvalue weighted by atomic mass is 35.5. The van der Waals surface area contributed by atoms with Crippen LogP contribution >= 0.6 is 11.6 Å². The molecule has 4 nitrogen and oxygen atoms in total. The lowest BCUT2D eigenvalue weighted by atomic mass is 10.2. The first kappa shape index (κ1) is 15.1. The van der Waals surface area contributed by atoms with Crippen molar-refractivity contribution in [1.29, 1.82) is 0 Å². The molecule has 0 bridgehead atoms. The van der Waals surface area contributed by atoms with Gasteiger partial charge in [0.15, 0.2) is 6.61 Å². The van der Waals surface area contributed by atoms with E-state index in [1.807, 2.05) is 4.90 Å². The molecule has 1 fully saturated rings. The quantitative estimate of drug-likeness (QED) is 0.876. The van der Waals surface area contributed by atoms with Crippen molar-refractivity contribution in [1.82, 2.24) is 10.2 Å². The summed E-state index contributed by atoms with van der Waals surface area (Å²) in [7, 11) is 0. The van der Waals surface area contributed by atoms with E-state index in [9.17, 15) is 4.79 Å². The molecule has 5 heteroatoms. The number of hydrogen-bond acceptors (Lipinski definition) is 3. The summed E-state index contributed by atoms with van der Waals surface area (Å²) in [6.45, 7) is 4.82. The van der Waals surface area contributed by atoms with E-state index in [1.54, 1.807) is 24.3 Å². The predicted molar refractivity (Wildman–Crippen MR) is 80.2 cm³/mol. The topological polar surface area (TPSA) is 41.6 Å². The Morgan fingerprint density at radius 3 is 2.80 bits per heavy atom. The molecule has 1 aliphatic rings. The van der Waals surface area contributed by atoms with Crippen LogP contribution in [0.5, 0.6) is 5.75 Å². The van der Waals surface area contributed by atoms with Crippen LogP contribution in [0.3, 0.4) is 0 Å². The molecule has 1 heterocycles. The van der Waals surface area contributed by atoms with Gasteiger partial charge >= 0.3 is 0 Å². The Bertz CT molecular complexity index is 430. The van der Waals surface area contributed by atoms with Crippen molar-refractivity contribution >= 4 is 17.5 Å². The van der Waals surface area contributed by atoms with E-state index in [1.165, 1.54) is 0 Å². The third-order valence-corrected chi connectivity index (χ3v) is 3.69. The van der Waals surface area contributed by atoms with Gasteiger partial charge in [0.25, 0.3) is 5.91 Å². The second-order valence-corrected chi connectivity index (χ2v) is 5.41. The van der Waals surface area contributed by atoms with Crippen molar-refractivity contribution in [3.8, 4) is 5.75 Å². The van der Waals surface area contributed by atoms with Gasteiger partial charge in [0.2, 0.25) is 0 Å². The molecular formula is C15H21ClN2O2. The summed E-state index contributed by atoms with van der Waals surface area (Å²) in [5.41, 5.74) is 0. The van der Waals surface area contributed by atoms with Crippen molar-refractivity contribution in [2.45, 2.75) is 25.8 Å². The molecule has 1 unspecified atom stereocenters. The normalized spacial score (nSPS) is 18.0. The van der Waals surface area contributed by atoms with Crippen LogP contribution in [0.15, 0.2) is 24.3 Å². The Hall–Kier alpha value is -1.26. The van der Waals surface area contributed by atoms with Crippen LogP contribution in [0.4, 0.5) is 0 Å². The number of hydrogen-bond donors (Lipinski definition) is 1. The average Bonchev–Trinajstić information content (AvgIpc) is 2.97. The number of carbonyl (C=O) groups excluding carboxylic acids is 1. The minimum Gasteiger partial charge on any atom is -0.484 e. The van der Waals surface area contributed by atoms with Crippen LogP contribution in [0.2, 0.25) is 5.02 Å². The van der Waals surface area contributed by atoms with Crippen molar-refractivity contribution in [2.24, 2.45) is 0 Å². The Morgan fingerprint density at radius 1 is 1.45 bits per heavy atom. The molecule has 110 valence electrons. The second-order valence-electron chi connectivity index (χ2n) is 4.98. The summed E-state index contributed by atoms with van der Waals surface area (Å²) >= 11 is 5.81. The monoisotopic (exact) mass is 296 g/mol. The first-order valence-electron chi connectivity index (χ1n) is 7.09. The van der Waals surface area contributed by atoms with Gasteiger partial charge in [-0.1, -0.05) is 18.5 Å². The standard InChI is InChI=1S/C15H21ClN2O2/c1-2-9-18(13-7-8-17-10-13)15(19)11-20-14-5-3-12(16)4-6-14/h3-6,13,17H,2,7-11H2,1H3. The molecule has 0 aliphatic carbocycles. The van der Waals surface area contributed by atoms with Crippen LogP contribution in [0.25, 0.3) is 0 Å². The number of nitrogens with one attached hydrogen (secondary N) is 1. The number of benzene rings is 1. The predicted octanol–water partition coefficient (Wildman–Crippen LogP) is 2.32. The fraction of sp³-hybridized carbons (Fsp3) is 0.533. The molecule has 1 aromatic rings. The summed E-state index contributed by atoms with van der Waals surface area (Å²) in [5.74, 6) is 0.722. The van der Waals surface area contributed by atoms with Crippen molar-refractivity contribution in [3.63, 3.8) is 0 Å². The van der Waals surface area contributed by atoms with E-state index in [0.717, 1.165) is 32.5 Å². The van der Waals surface area contributed by atoms with Crippen LogP contribution in [-0.4, -0.2) is 43.1 Å². The summed E-state index contributed by atoms with van der Waals surface area (Å²) in [6.07, 6.45) is 1.98. The Balaban J connectivity index is 1.89. The van der Waals surface area contributed by atoms with Crippen LogP contribution in [0.1, 0.15) is 19.8 Å². The number of carbonyl (C=O) groups is 1. The zero-order chi connectivity index (χ0) is 14.4. The lowest BCUT2D eigenvalue weighted by Crippen LogP contribution is -2.44. The van der Waals surface area contributed by atoms with Crippen molar-refractivity contribution in [3.05, 3.63) is 29.3 Å². The number of rotatable bonds is 6. The molecule has 1 amide bonds. The molecule has 1 N–H and O–H groups in total. The molecule has 2 rings (SSSR count). The Labute approximate surface area is 125 Å². The number of halogens is 1. The van der Waals surface area contributed by atoms with Gasteiger partial charge < -0.3 is 15.0 Å². The van der Waals surface area contributed by atoms with Crippen LogP contribution in [0, 0.1) is 0 Å². The maximum atomic E-state index is 12.3. The molecule has 1 aromatic carbocycles. The van der Waals surface area contributed by atoms with Gasteiger partial charge in [-0.2, -0.15) is 0 Å². The zero-order valence-electron chi connectivity index (χ0n) is 11.8. The van der Waals surface area contributed by atoms with Gasteiger partial charge in [0.1, 0.15) is 5.75 Å². The maximum absolute atomic E-state index is 12.3. The van der Waals surface area contributed by atoms with E-state index in [4.69, 9.17) is 16.3 Å². The molecule has 1 aliphatic heterocycles. The largest absolute Gasteiger partial charge is 0.484 e. The lowest BCUT2D eigenvalue weighted by molar-refractivity contribution is -0.135. The first-order valence-corrected chi connectivity index (χ1v) is 7.47. The van der Waals surface area contributed by atoms with Gasteiger partial charge in [-0.25, -0.2) is 0 Å². The minimum atomic E-state index is 0.0514. The summed E-state index contributed by atoms with van der Waals surface area (Å²) in [5, 5.41) is 3.96. The van der Waals surface area contributed by atoms with Crippen LogP contribution in [-0.2, 0) is 4.79 Å². The molecule has 1 atom stereocenters. The third-order valence-electron chi connectivity index (χ3n) is 3.44. The van der Waals surface area contributed by atoms with E-state index in [-0.39, 0.29) is 12.5 Å². The highest BCUT2D eigenvalue weighted by Gasteiger charge is 2.25. The smallest absolute Gasteiger partial charge is 0.260 e. The van der Waals surface area contributed by atoms with Gasteiger partial charge in [-0.15, -0.1) is 0 Å². The van der Waals surface area contributed by atoms with Gasteiger partial charge in [0.05, 0.1) is 0 Å². The number of ether oxygens (including phenoxy) is 1. The van der Waals surface area contributed by atoms with Crippen molar-refractivity contribution < 1.29 is 9.53 Å². The number of amides is 1. The highest BCUT2D eigenvalue weighted by Crippen LogP contribution is 2.16. The zero-order valence-corrected chi connectivity index (χ0v) is 12.5. The third kappa shape index (κ3) is 4.12. The Morgan fingerprint density at radius 2 is 2.20 bits per heavy atom. The van der Waals surface area contributed by atoms with Crippen molar-refractivity contribution in [2.75, 3.05) is 26.2 Å². The van der Waals surface area contributed by atoms with Gasteiger partial charge in [-0.3, -0.25) is 4.79 Å². The summed E-state index contributed by atoms with van der Waals surface area (Å²) in [4.78, 5) is 14.2. The van der Waals surface area contributed by atoms with E-state index >= 15 is 0 Å². The molecule has 0 radical (unpaired) electrons. The fourth-order valence-electron chi connectivity index (χ4n) is 2.42. The molecule has 0 aromatic heterocycles. The maximum Gasteiger partial charge on any atom is 0.260 e. The average molecular weight is 297 g/mol. The molecule has 0 spiro atoms. The molecule has 1 saturated heterocycles.